The first kappa shape index (κ1) is 11.4. The summed E-state index contributed by atoms with van der Waals surface area (Å²) in [6, 6.07) is 4.72. The Kier molecular flexibility index (Phi) is 2.72. The quantitative estimate of drug-likeness (QED) is 0.711. The molecule has 0 spiro atoms. The molecule has 1 aromatic heterocycles. The number of anilines is 2. The fraction of sp³-hybridized carbons (Fsp3) is 0. The van der Waals surface area contributed by atoms with Crippen molar-refractivity contribution in [3.63, 3.8) is 0 Å². The minimum atomic E-state index is -3.79. The number of aromatic nitrogens is 2. The summed E-state index contributed by atoms with van der Waals surface area (Å²) in [5.41, 5.74) is 5.59. The van der Waals surface area contributed by atoms with Crippen LogP contribution in [0, 0.1) is 5.82 Å². The van der Waals surface area contributed by atoms with Crippen LogP contribution in [0.25, 0.3) is 0 Å². The smallest absolute Gasteiger partial charge is 0.278 e. The summed E-state index contributed by atoms with van der Waals surface area (Å²) >= 11 is 0. The van der Waals surface area contributed by atoms with Crippen LogP contribution in [0.5, 0.6) is 0 Å². The highest BCUT2D eigenvalue weighted by molar-refractivity contribution is 7.92. The van der Waals surface area contributed by atoms with Crippen LogP contribution in [0.15, 0.2) is 35.5 Å². The van der Waals surface area contributed by atoms with Crippen molar-refractivity contribution in [2.45, 2.75) is 5.03 Å². The maximum atomic E-state index is 13.0. The van der Waals surface area contributed by atoms with E-state index in [4.69, 9.17) is 5.73 Å². The molecule has 0 bridgehead atoms. The van der Waals surface area contributed by atoms with Gasteiger partial charge in [-0.3, -0.25) is 9.82 Å². The Bertz CT molecular complexity index is 604. The molecule has 90 valence electrons. The predicted molar refractivity (Wildman–Crippen MR) is 60.2 cm³/mol. The molecule has 2 aromatic rings. The Balaban J connectivity index is 2.33. The van der Waals surface area contributed by atoms with E-state index in [0.717, 1.165) is 12.1 Å². The Morgan fingerprint density at radius 3 is 2.71 bits per heavy atom. The fourth-order valence-electron chi connectivity index (χ4n) is 1.27. The van der Waals surface area contributed by atoms with Crippen LogP contribution in [0.1, 0.15) is 0 Å². The molecular weight excluding hydrogens is 247 g/mol. The van der Waals surface area contributed by atoms with E-state index >= 15 is 0 Å². The van der Waals surface area contributed by atoms with Gasteiger partial charge in [-0.15, -0.1) is 0 Å². The van der Waals surface area contributed by atoms with Gasteiger partial charge in [0.05, 0.1) is 11.9 Å². The Morgan fingerprint density at radius 2 is 2.12 bits per heavy atom. The monoisotopic (exact) mass is 256 g/mol. The topological polar surface area (TPSA) is 101 Å². The molecule has 0 saturated carbocycles. The number of halogens is 1. The van der Waals surface area contributed by atoms with Crippen molar-refractivity contribution in [2.24, 2.45) is 0 Å². The zero-order chi connectivity index (χ0) is 12.5. The van der Waals surface area contributed by atoms with E-state index in [9.17, 15) is 12.8 Å². The number of nitrogen functional groups attached to an aromatic ring is 1. The number of nitrogens with two attached hydrogens (primary N) is 1. The Morgan fingerprint density at radius 1 is 1.35 bits per heavy atom. The summed E-state index contributed by atoms with van der Waals surface area (Å²) in [6.07, 6.45) is 1.30. The minimum absolute atomic E-state index is 0.0529. The van der Waals surface area contributed by atoms with Gasteiger partial charge in [0.25, 0.3) is 10.0 Å². The molecule has 0 atom stereocenters. The molecule has 1 aromatic carbocycles. The molecule has 0 aliphatic carbocycles. The summed E-state index contributed by atoms with van der Waals surface area (Å²) in [6.45, 7) is 0. The van der Waals surface area contributed by atoms with Crippen LogP contribution in [-0.4, -0.2) is 18.6 Å². The van der Waals surface area contributed by atoms with E-state index in [1.54, 1.807) is 0 Å². The van der Waals surface area contributed by atoms with Crippen LogP contribution in [-0.2, 0) is 10.0 Å². The largest absolute Gasteiger partial charge is 0.399 e. The van der Waals surface area contributed by atoms with Crippen molar-refractivity contribution >= 4 is 21.4 Å². The molecule has 0 fully saturated rings. The van der Waals surface area contributed by atoms with Crippen molar-refractivity contribution in [2.75, 3.05) is 10.5 Å². The second-order valence-corrected chi connectivity index (χ2v) is 4.95. The highest BCUT2D eigenvalue weighted by Gasteiger charge is 2.15. The highest BCUT2D eigenvalue weighted by atomic mass is 32.2. The van der Waals surface area contributed by atoms with Crippen molar-refractivity contribution < 1.29 is 12.8 Å². The molecule has 17 heavy (non-hydrogen) atoms. The summed E-state index contributed by atoms with van der Waals surface area (Å²) in [5.74, 6) is -0.618. The van der Waals surface area contributed by atoms with Crippen molar-refractivity contribution in [1.29, 1.82) is 0 Å². The SMILES string of the molecule is Nc1cc(F)cc(NS(=O)(=O)c2ccn[nH]2)c1. The van der Waals surface area contributed by atoms with Crippen LogP contribution in [0.2, 0.25) is 0 Å². The molecule has 0 amide bonds. The van der Waals surface area contributed by atoms with Gasteiger partial charge >= 0.3 is 0 Å². The van der Waals surface area contributed by atoms with E-state index in [1.165, 1.54) is 18.3 Å². The van der Waals surface area contributed by atoms with Gasteiger partial charge in [-0.05, 0) is 24.3 Å². The van der Waals surface area contributed by atoms with Crippen molar-refractivity contribution in [3.05, 3.63) is 36.3 Å². The van der Waals surface area contributed by atoms with Crippen molar-refractivity contribution in [1.82, 2.24) is 10.2 Å². The summed E-state index contributed by atoms with van der Waals surface area (Å²) < 4.78 is 38.7. The van der Waals surface area contributed by atoms with Gasteiger partial charge in [0.15, 0.2) is 5.03 Å². The lowest BCUT2D eigenvalue weighted by atomic mass is 10.3. The molecule has 1 heterocycles. The van der Waals surface area contributed by atoms with Gasteiger partial charge in [0.1, 0.15) is 5.82 Å². The fourth-order valence-corrected chi connectivity index (χ4v) is 2.23. The first-order valence-electron chi connectivity index (χ1n) is 4.56. The number of hydrogen-bond donors (Lipinski definition) is 3. The third-order valence-corrected chi connectivity index (χ3v) is 3.25. The van der Waals surface area contributed by atoms with Gasteiger partial charge in [0.2, 0.25) is 0 Å². The zero-order valence-electron chi connectivity index (χ0n) is 8.51. The summed E-state index contributed by atoms with van der Waals surface area (Å²) in [5, 5.41) is 5.71. The third kappa shape index (κ3) is 2.53. The summed E-state index contributed by atoms with van der Waals surface area (Å²) in [7, 11) is -3.79. The van der Waals surface area contributed by atoms with Crippen LogP contribution in [0.3, 0.4) is 0 Å². The average molecular weight is 256 g/mol. The van der Waals surface area contributed by atoms with Gasteiger partial charge in [-0.1, -0.05) is 0 Å². The zero-order valence-corrected chi connectivity index (χ0v) is 9.33. The third-order valence-electron chi connectivity index (χ3n) is 1.94. The molecule has 0 aliphatic heterocycles. The number of aromatic amines is 1. The molecule has 0 aliphatic rings. The molecule has 8 heteroatoms. The number of sulfonamides is 1. The second kappa shape index (κ2) is 4.06. The lowest BCUT2D eigenvalue weighted by Gasteiger charge is -2.06. The number of nitrogens with one attached hydrogen (secondary N) is 2. The molecule has 6 nitrogen and oxygen atoms in total. The Labute approximate surface area is 96.7 Å². The normalized spacial score (nSPS) is 11.4. The summed E-state index contributed by atoms with van der Waals surface area (Å²) in [4.78, 5) is 0. The number of rotatable bonds is 3. The first-order chi connectivity index (χ1) is 7.97. The number of H-pyrrole nitrogens is 1. The average Bonchev–Trinajstić information content (AvgIpc) is 2.67. The van der Waals surface area contributed by atoms with Gasteiger partial charge in [-0.2, -0.15) is 13.5 Å². The van der Waals surface area contributed by atoms with Gasteiger partial charge < -0.3 is 5.73 Å². The number of hydrogen-bond acceptors (Lipinski definition) is 4. The van der Waals surface area contributed by atoms with E-state index in [2.05, 4.69) is 14.9 Å². The Hall–Kier alpha value is -2.09. The maximum absolute atomic E-state index is 13.0. The number of nitrogens with zero attached hydrogens (tertiary/aromatic N) is 1. The lowest BCUT2D eigenvalue weighted by Crippen LogP contribution is -2.13. The predicted octanol–water partition coefficient (Wildman–Crippen LogP) is 0.932. The standard InChI is InChI=1S/C9H9FN4O2S/c10-6-3-7(11)5-8(4-6)14-17(15,16)9-1-2-12-13-9/h1-5,14H,11H2,(H,12,13). The van der Waals surface area contributed by atoms with E-state index in [0.29, 0.717) is 0 Å². The molecule has 0 radical (unpaired) electrons. The lowest BCUT2D eigenvalue weighted by molar-refractivity contribution is 0.597. The van der Waals surface area contributed by atoms with Crippen LogP contribution in [0.4, 0.5) is 15.8 Å². The van der Waals surface area contributed by atoms with Crippen LogP contribution >= 0.6 is 0 Å². The maximum Gasteiger partial charge on any atom is 0.278 e. The van der Waals surface area contributed by atoms with Gasteiger partial charge in [0, 0.05) is 5.69 Å². The molecule has 0 saturated heterocycles. The van der Waals surface area contributed by atoms with E-state index < -0.39 is 15.8 Å². The molecule has 4 N–H and O–H groups in total. The van der Waals surface area contributed by atoms with Gasteiger partial charge in [-0.25, -0.2) is 4.39 Å². The van der Waals surface area contributed by atoms with Crippen molar-refractivity contribution in [3.8, 4) is 0 Å². The number of benzene rings is 1. The first-order valence-corrected chi connectivity index (χ1v) is 6.04. The molecule has 0 unspecified atom stereocenters. The second-order valence-electron chi connectivity index (χ2n) is 3.30. The van der Waals surface area contributed by atoms with Crippen LogP contribution < -0.4 is 10.5 Å². The molecular formula is C9H9FN4O2S. The minimum Gasteiger partial charge on any atom is -0.399 e. The molecule has 2 rings (SSSR count). The highest BCUT2D eigenvalue weighted by Crippen LogP contribution is 2.18. The van der Waals surface area contributed by atoms with E-state index in [-0.39, 0.29) is 16.4 Å². The van der Waals surface area contributed by atoms with E-state index in [1.807, 2.05) is 0 Å².